The molecular weight excluding hydrogens is 416 g/mol. The predicted octanol–water partition coefficient (Wildman–Crippen LogP) is 1.73. The van der Waals surface area contributed by atoms with E-state index in [1.54, 1.807) is 0 Å². The molecule has 2 rings (SSSR count). The second kappa shape index (κ2) is 10.2. The van der Waals surface area contributed by atoms with Gasteiger partial charge in [-0.25, -0.2) is 9.18 Å². The fourth-order valence-electron chi connectivity index (χ4n) is 2.84. The maximum Gasteiger partial charge on any atom is 0.326 e. The average Bonchev–Trinajstić information content (AvgIpc) is 2.69. The summed E-state index contributed by atoms with van der Waals surface area (Å²) in [7, 11) is 0. The normalized spacial score (nSPS) is 12.5. The zero-order chi connectivity index (χ0) is 23.1. The minimum absolute atomic E-state index is 0.0277. The molecule has 0 aliphatic heterocycles. The fourth-order valence-corrected chi connectivity index (χ4v) is 2.84. The number of benzene rings is 2. The number of halogens is 2. The number of carboxylic acids is 1. The lowest BCUT2D eigenvalue weighted by Crippen LogP contribution is -2.52. The summed E-state index contributed by atoms with van der Waals surface area (Å²) in [5, 5.41) is 25.0. The maximum atomic E-state index is 13.5. The number of hydrogen-bond acceptors (Lipinski definition) is 5. The van der Waals surface area contributed by atoms with Gasteiger partial charge in [0.05, 0.1) is 4.92 Å². The standard InChI is InChI=1S/C20H19F2N3O6/c1-11(26)23-16(8-12-2-5-14(21)6-3-12)19(27)24-17(20(28)29)9-13-4-7-15(22)18(10-13)25(30)31/h2-7,10,16-17H,8-9H2,1H3,(H,23,26)(H,24,27)(H,28,29)/t16-,17+/m1/s1. The van der Waals surface area contributed by atoms with Crippen LogP contribution in [0.5, 0.6) is 0 Å². The topological polar surface area (TPSA) is 139 Å². The maximum absolute atomic E-state index is 13.5. The van der Waals surface area contributed by atoms with Crippen LogP contribution in [0.25, 0.3) is 0 Å². The van der Waals surface area contributed by atoms with E-state index in [2.05, 4.69) is 10.6 Å². The Bertz CT molecular complexity index is 997. The van der Waals surface area contributed by atoms with E-state index in [9.17, 15) is 38.4 Å². The number of nitrogens with zero attached hydrogens (tertiary/aromatic N) is 1. The first-order valence-corrected chi connectivity index (χ1v) is 9.04. The van der Waals surface area contributed by atoms with Gasteiger partial charge in [-0.1, -0.05) is 18.2 Å². The van der Waals surface area contributed by atoms with Crippen LogP contribution in [0.4, 0.5) is 14.5 Å². The highest BCUT2D eigenvalue weighted by Crippen LogP contribution is 2.19. The molecule has 0 aliphatic rings. The lowest BCUT2D eigenvalue weighted by Gasteiger charge is -2.21. The molecule has 0 radical (unpaired) electrons. The number of nitro groups is 1. The van der Waals surface area contributed by atoms with E-state index in [0.29, 0.717) is 5.56 Å². The summed E-state index contributed by atoms with van der Waals surface area (Å²) >= 11 is 0. The van der Waals surface area contributed by atoms with E-state index in [1.807, 2.05) is 0 Å². The van der Waals surface area contributed by atoms with Gasteiger partial charge in [-0.05, 0) is 29.3 Å². The molecule has 31 heavy (non-hydrogen) atoms. The van der Waals surface area contributed by atoms with E-state index >= 15 is 0 Å². The first kappa shape index (κ1) is 23.4. The Morgan fingerprint density at radius 1 is 1.00 bits per heavy atom. The van der Waals surface area contributed by atoms with Crippen LogP contribution in [0.15, 0.2) is 42.5 Å². The molecule has 2 aromatic rings. The molecule has 0 unspecified atom stereocenters. The zero-order valence-electron chi connectivity index (χ0n) is 16.3. The Kier molecular flexibility index (Phi) is 7.72. The summed E-state index contributed by atoms with van der Waals surface area (Å²) in [6, 6.07) is 5.46. The molecule has 0 spiro atoms. The number of amides is 2. The number of nitrogens with one attached hydrogen (secondary N) is 2. The van der Waals surface area contributed by atoms with E-state index in [1.165, 1.54) is 37.3 Å². The monoisotopic (exact) mass is 435 g/mol. The van der Waals surface area contributed by atoms with Crippen LogP contribution in [0.2, 0.25) is 0 Å². The van der Waals surface area contributed by atoms with Crippen molar-refractivity contribution in [1.29, 1.82) is 0 Å². The summed E-state index contributed by atoms with van der Waals surface area (Å²) < 4.78 is 26.6. The summed E-state index contributed by atoms with van der Waals surface area (Å²) in [5.74, 6) is -4.34. The molecule has 2 amide bonds. The van der Waals surface area contributed by atoms with Gasteiger partial charge in [0.1, 0.15) is 17.9 Å². The number of rotatable bonds is 9. The molecule has 2 aromatic carbocycles. The fraction of sp³-hybridized carbons (Fsp3) is 0.250. The Hall–Kier alpha value is -3.89. The Labute approximate surface area is 175 Å². The zero-order valence-corrected chi connectivity index (χ0v) is 16.3. The summed E-state index contributed by atoms with van der Waals surface area (Å²) in [4.78, 5) is 45.7. The van der Waals surface area contributed by atoms with Crippen LogP contribution in [-0.4, -0.2) is 39.9 Å². The lowest BCUT2D eigenvalue weighted by atomic mass is 10.0. The van der Waals surface area contributed by atoms with Gasteiger partial charge in [-0.15, -0.1) is 0 Å². The molecule has 3 N–H and O–H groups in total. The number of aliphatic carboxylic acids is 1. The van der Waals surface area contributed by atoms with Gasteiger partial charge in [-0.2, -0.15) is 4.39 Å². The SMILES string of the molecule is CC(=O)N[C@H](Cc1ccc(F)cc1)C(=O)N[C@@H](Cc1ccc(F)c([N+](=O)[O-])c1)C(=O)O. The number of carbonyl (C=O) groups excluding carboxylic acids is 2. The Balaban J connectivity index is 2.18. The quantitative estimate of drug-likeness (QED) is 0.405. The largest absolute Gasteiger partial charge is 0.480 e. The minimum atomic E-state index is -1.50. The molecule has 0 saturated heterocycles. The van der Waals surface area contributed by atoms with Gasteiger partial charge >= 0.3 is 11.7 Å². The van der Waals surface area contributed by atoms with Crippen molar-refractivity contribution in [2.75, 3.05) is 0 Å². The van der Waals surface area contributed by atoms with Crippen LogP contribution in [0.3, 0.4) is 0 Å². The van der Waals surface area contributed by atoms with Crippen molar-refractivity contribution in [3.63, 3.8) is 0 Å². The molecule has 2 atom stereocenters. The minimum Gasteiger partial charge on any atom is -0.480 e. The van der Waals surface area contributed by atoms with Crippen molar-refractivity contribution in [2.45, 2.75) is 31.8 Å². The van der Waals surface area contributed by atoms with Gasteiger partial charge in [0.2, 0.25) is 17.6 Å². The van der Waals surface area contributed by atoms with Gasteiger partial charge in [0.25, 0.3) is 0 Å². The number of carbonyl (C=O) groups is 3. The third kappa shape index (κ3) is 6.84. The Morgan fingerprint density at radius 2 is 1.58 bits per heavy atom. The molecule has 0 aliphatic carbocycles. The number of carboxylic acid groups (broad SMARTS) is 1. The Morgan fingerprint density at radius 3 is 2.13 bits per heavy atom. The average molecular weight is 435 g/mol. The van der Waals surface area contributed by atoms with Crippen molar-refractivity contribution in [1.82, 2.24) is 10.6 Å². The van der Waals surface area contributed by atoms with Crippen molar-refractivity contribution in [2.24, 2.45) is 0 Å². The van der Waals surface area contributed by atoms with Crippen molar-refractivity contribution < 1.29 is 33.2 Å². The highest BCUT2D eigenvalue weighted by atomic mass is 19.1. The molecule has 9 nitrogen and oxygen atoms in total. The highest BCUT2D eigenvalue weighted by molar-refractivity contribution is 5.90. The molecule has 0 heterocycles. The second-order valence-electron chi connectivity index (χ2n) is 6.73. The predicted molar refractivity (Wildman–Crippen MR) is 104 cm³/mol. The van der Waals surface area contributed by atoms with Crippen LogP contribution in [0.1, 0.15) is 18.1 Å². The van der Waals surface area contributed by atoms with Gasteiger partial charge in [0.15, 0.2) is 0 Å². The van der Waals surface area contributed by atoms with E-state index in [-0.39, 0.29) is 18.4 Å². The van der Waals surface area contributed by atoms with Gasteiger partial charge < -0.3 is 15.7 Å². The molecular formula is C20H19F2N3O6. The summed E-state index contributed by atoms with van der Waals surface area (Å²) in [5.41, 5.74) is -0.174. The molecule has 0 aromatic heterocycles. The molecule has 0 saturated carbocycles. The number of nitro benzene ring substituents is 1. The summed E-state index contributed by atoms with van der Waals surface area (Å²) in [6.07, 6.45) is -0.383. The van der Waals surface area contributed by atoms with Crippen LogP contribution in [-0.2, 0) is 27.2 Å². The van der Waals surface area contributed by atoms with Crippen molar-refractivity contribution >= 4 is 23.5 Å². The third-order valence-corrected chi connectivity index (χ3v) is 4.31. The van der Waals surface area contributed by atoms with E-state index < -0.39 is 52.1 Å². The third-order valence-electron chi connectivity index (χ3n) is 4.31. The van der Waals surface area contributed by atoms with Crippen molar-refractivity contribution in [3.05, 3.63) is 75.3 Å². The summed E-state index contributed by atoms with van der Waals surface area (Å²) in [6.45, 7) is 1.18. The number of hydrogen-bond donors (Lipinski definition) is 3. The molecule has 0 fully saturated rings. The van der Waals surface area contributed by atoms with Crippen LogP contribution >= 0.6 is 0 Å². The molecule has 11 heteroatoms. The van der Waals surface area contributed by atoms with E-state index in [4.69, 9.17) is 0 Å². The van der Waals surface area contributed by atoms with Gasteiger partial charge in [-0.3, -0.25) is 19.7 Å². The van der Waals surface area contributed by atoms with E-state index in [0.717, 1.165) is 12.1 Å². The molecule has 164 valence electrons. The van der Waals surface area contributed by atoms with Crippen LogP contribution < -0.4 is 10.6 Å². The van der Waals surface area contributed by atoms with Gasteiger partial charge in [0, 0.05) is 25.8 Å². The van der Waals surface area contributed by atoms with Crippen LogP contribution in [0, 0.1) is 21.7 Å². The lowest BCUT2D eigenvalue weighted by molar-refractivity contribution is -0.387. The smallest absolute Gasteiger partial charge is 0.326 e. The first-order chi connectivity index (χ1) is 14.6. The highest BCUT2D eigenvalue weighted by Gasteiger charge is 2.27. The van der Waals surface area contributed by atoms with Crippen molar-refractivity contribution in [3.8, 4) is 0 Å². The molecule has 0 bridgehead atoms. The second-order valence-corrected chi connectivity index (χ2v) is 6.73. The first-order valence-electron chi connectivity index (χ1n) is 9.04.